The summed E-state index contributed by atoms with van der Waals surface area (Å²) in [6.07, 6.45) is -3.10. The lowest BCUT2D eigenvalue weighted by Gasteiger charge is -2.13. The topological polar surface area (TPSA) is 21.3 Å². The molecule has 0 saturated heterocycles. The molecule has 1 unspecified atom stereocenters. The third-order valence-electron chi connectivity index (χ3n) is 2.86. The highest BCUT2D eigenvalue weighted by Crippen LogP contribution is 2.20. The van der Waals surface area contributed by atoms with Gasteiger partial charge in [-0.25, -0.2) is 0 Å². The maximum absolute atomic E-state index is 12.0. The number of halogens is 3. The van der Waals surface area contributed by atoms with Crippen LogP contribution in [0.2, 0.25) is 0 Å². The molecule has 0 saturated carbocycles. The van der Waals surface area contributed by atoms with E-state index in [2.05, 4.69) is 19.2 Å². The van der Waals surface area contributed by atoms with Crippen LogP contribution >= 0.6 is 0 Å². The Kier molecular flexibility index (Phi) is 6.85. The minimum absolute atomic E-state index is 0.336. The quantitative estimate of drug-likeness (QED) is 0.782. The lowest BCUT2D eigenvalue weighted by molar-refractivity contribution is -0.139. The fraction of sp³-hybridized carbons (Fsp3) is 0.600. The highest BCUT2D eigenvalue weighted by atomic mass is 19.4. The average molecular weight is 289 g/mol. The van der Waals surface area contributed by atoms with E-state index in [9.17, 15) is 13.2 Å². The molecular weight excluding hydrogens is 267 g/mol. The molecule has 0 radical (unpaired) electrons. The molecule has 1 N–H and O–H groups in total. The van der Waals surface area contributed by atoms with Gasteiger partial charge in [-0.3, -0.25) is 0 Å². The van der Waals surface area contributed by atoms with Crippen molar-refractivity contribution in [3.63, 3.8) is 0 Å². The maximum Gasteiger partial charge on any atom is 0.392 e. The van der Waals surface area contributed by atoms with Gasteiger partial charge in [0.2, 0.25) is 0 Å². The summed E-state index contributed by atoms with van der Waals surface area (Å²) in [5, 5.41) is 3.39. The van der Waals surface area contributed by atoms with Crippen molar-refractivity contribution < 1.29 is 17.9 Å². The normalized spacial score (nSPS) is 13.2. The Morgan fingerprint density at radius 1 is 1.20 bits per heavy atom. The summed E-state index contributed by atoms with van der Waals surface area (Å²) in [5.41, 5.74) is 1.14. The molecule has 0 spiro atoms. The van der Waals surface area contributed by atoms with Crippen LogP contribution in [0, 0.1) is 0 Å². The first-order valence-electron chi connectivity index (χ1n) is 6.92. The van der Waals surface area contributed by atoms with Gasteiger partial charge in [0.15, 0.2) is 0 Å². The highest BCUT2D eigenvalue weighted by molar-refractivity contribution is 5.27. The van der Waals surface area contributed by atoms with Gasteiger partial charge in [0.1, 0.15) is 5.75 Å². The molecule has 1 atom stereocenters. The minimum atomic E-state index is -4.17. The fourth-order valence-corrected chi connectivity index (χ4v) is 1.82. The zero-order chi connectivity index (χ0) is 15.0. The van der Waals surface area contributed by atoms with Gasteiger partial charge in [-0.2, -0.15) is 13.2 Å². The standard InChI is InChI=1S/C15H22F3NO/c1-3-9-19-12(2)11-13-4-6-14(7-5-13)20-10-8-15(16,17)18/h4-7,12,19H,3,8-11H2,1-2H3. The molecule has 2 nitrogen and oxygen atoms in total. The van der Waals surface area contributed by atoms with Crippen molar-refractivity contribution in [3.05, 3.63) is 29.8 Å². The van der Waals surface area contributed by atoms with E-state index in [-0.39, 0.29) is 6.61 Å². The molecule has 0 aromatic heterocycles. The van der Waals surface area contributed by atoms with Crippen LogP contribution in [-0.2, 0) is 6.42 Å². The molecule has 0 aliphatic carbocycles. The maximum atomic E-state index is 12.0. The number of alkyl halides is 3. The van der Waals surface area contributed by atoms with Crippen LogP contribution in [0.25, 0.3) is 0 Å². The monoisotopic (exact) mass is 289 g/mol. The van der Waals surface area contributed by atoms with E-state index in [1.165, 1.54) is 0 Å². The van der Waals surface area contributed by atoms with Crippen LogP contribution in [0.5, 0.6) is 5.75 Å². The Balaban J connectivity index is 2.36. The van der Waals surface area contributed by atoms with Crippen molar-refractivity contribution >= 4 is 0 Å². The number of hydrogen-bond acceptors (Lipinski definition) is 2. The third-order valence-corrected chi connectivity index (χ3v) is 2.86. The fourth-order valence-electron chi connectivity index (χ4n) is 1.82. The van der Waals surface area contributed by atoms with Crippen LogP contribution in [-0.4, -0.2) is 25.4 Å². The summed E-state index contributed by atoms with van der Waals surface area (Å²) in [4.78, 5) is 0. The predicted molar refractivity (Wildman–Crippen MR) is 74.1 cm³/mol. The van der Waals surface area contributed by atoms with Gasteiger partial charge in [0.25, 0.3) is 0 Å². The van der Waals surface area contributed by atoms with Crippen LogP contribution in [0.15, 0.2) is 24.3 Å². The largest absolute Gasteiger partial charge is 0.493 e. The Morgan fingerprint density at radius 2 is 1.85 bits per heavy atom. The van der Waals surface area contributed by atoms with Gasteiger partial charge >= 0.3 is 6.18 Å². The van der Waals surface area contributed by atoms with Crippen molar-refractivity contribution in [2.75, 3.05) is 13.2 Å². The van der Waals surface area contributed by atoms with E-state index in [1.54, 1.807) is 12.1 Å². The van der Waals surface area contributed by atoms with Gasteiger partial charge in [-0.15, -0.1) is 0 Å². The van der Waals surface area contributed by atoms with Gasteiger partial charge in [0.05, 0.1) is 13.0 Å². The van der Waals surface area contributed by atoms with Gasteiger partial charge < -0.3 is 10.1 Å². The molecule has 1 rings (SSSR count). The van der Waals surface area contributed by atoms with Gasteiger partial charge in [-0.1, -0.05) is 19.1 Å². The number of ether oxygens (including phenoxy) is 1. The van der Waals surface area contributed by atoms with Crippen LogP contribution in [0.3, 0.4) is 0 Å². The molecule has 0 heterocycles. The predicted octanol–water partition coefficient (Wildman–Crippen LogP) is 3.95. The second-order valence-corrected chi connectivity index (χ2v) is 4.92. The van der Waals surface area contributed by atoms with Crippen molar-refractivity contribution in [1.29, 1.82) is 0 Å². The third kappa shape index (κ3) is 7.38. The lowest BCUT2D eigenvalue weighted by atomic mass is 10.1. The molecule has 0 aliphatic heterocycles. The molecule has 0 bridgehead atoms. The Bertz CT molecular complexity index is 376. The van der Waals surface area contributed by atoms with Crippen molar-refractivity contribution in [2.45, 2.75) is 45.3 Å². The van der Waals surface area contributed by atoms with E-state index in [1.807, 2.05) is 12.1 Å². The molecule has 0 amide bonds. The van der Waals surface area contributed by atoms with Crippen LogP contribution in [0.4, 0.5) is 13.2 Å². The zero-order valence-electron chi connectivity index (χ0n) is 12.0. The van der Waals surface area contributed by atoms with E-state index in [0.717, 1.165) is 24.9 Å². The van der Waals surface area contributed by atoms with Gasteiger partial charge in [0, 0.05) is 6.04 Å². The van der Waals surface area contributed by atoms with Crippen molar-refractivity contribution in [2.24, 2.45) is 0 Å². The molecule has 0 fully saturated rings. The van der Waals surface area contributed by atoms with Gasteiger partial charge in [-0.05, 0) is 44.0 Å². The first kappa shape index (κ1) is 16.8. The summed E-state index contributed by atoms with van der Waals surface area (Å²) in [5.74, 6) is 0.479. The Hall–Kier alpha value is -1.23. The first-order valence-corrected chi connectivity index (χ1v) is 6.92. The first-order chi connectivity index (χ1) is 9.40. The highest BCUT2D eigenvalue weighted by Gasteiger charge is 2.26. The summed E-state index contributed by atoms with van der Waals surface area (Å²) in [7, 11) is 0. The number of hydrogen-bond donors (Lipinski definition) is 1. The summed E-state index contributed by atoms with van der Waals surface area (Å²) >= 11 is 0. The molecule has 20 heavy (non-hydrogen) atoms. The number of nitrogens with one attached hydrogen (secondary N) is 1. The molecule has 0 aliphatic rings. The molecule has 5 heteroatoms. The second kappa shape index (κ2) is 8.15. The minimum Gasteiger partial charge on any atom is -0.493 e. The van der Waals surface area contributed by atoms with Crippen molar-refractivity contribution in [3.8, 4) is 5.75 Å². The molecule has 114 valence electrons. The van der Waals surface area contributed by atoms with Crippen LogP contribution in [0.1, 0.15) is 32.3 Å². The second-order valence-electron chi connectivity index (χ2n) is 4.92. The number of rotatable bonds is 8. The molecule has 1 aromatic rings. The zero-order valence-corrected chi connectivity index (χ0v) is 12.0. The summed E-state index contributed by atoms with van der Waals surface area (Å²) in [6, 6.07) is 7.61. The van der Waals surface area contributed by atoms with Crippen molar-refractivity contribution in [1.82, 2.24) is 5.32 Å². The lowest BCUT2D eigenvalue weighted by Crippen LogP contribution is -2.28. The van der Waals surface area contributed by atoms with Crippen LogP contribution < -0.4 is 10.1 Å². The summed E-state index contributed by atoms with van der Waals surface area (Å²) < 4.78 is 41.0. The Labute approximate surface area is 118 Å². The molecular formula is C15H22F3NO. The average Bonchev–Trinajstić information content (AvgIpc) is 2.37. The SMILES string of the molecule is CCCNC(C)Cc1ccc(OCCC(F)(F)F)cc1. The molecule has 1 aromatic carbocycles. The van der Waals surface area contributed by atoms with E-state index in [0.29, 0.717) is 11.8 Å². The summed E-state index contributed by atoms with van der Waals surface area (Å²) in [6.45, 7) is 4.88. The van der Waals surface area contributed by atoms with E-state index >= 15 is 0 Å². The smallest absolute Gasteiger partial charge is 0.392 e. The van der Waals surface area contributed by atoms with E-state index < -0.39 is 12.6 Å². The number of benzene rings is 1. The van der Waals surface area contributed by atoms with E-state index in [4.69, 9.17) is 4.74 Å². The Morgan fingerprint density at radius 3 is 2.40 bits per heavy atom.